The Morgan fingerprint density at radius 3 is 1.10 bits per heavy atom. The minimum absolute atomic E-state index is 0.0290. The maximum Gasteiger partial charge on any atom is 0.0568 e. The number of hydrogen-bond donors (Lipinski definition) is 2. The summed E-state index contributed by atoms with van der Waals surface area (Å²) in [6.45, 7) is 27.6. The zero-order chi connectivity index (χ0) is 54.9. The van der Waals surface area contributed by atoms with E-state index in [1.54, 1.807) is 0 Å². The van der Waals surface area contributed by atoms with Crippen molar-refractivity contribution in [1.82, 2.24) is 13.7 Å². The van der Waals surface area contributed by atoms with E-state index in [9.17, 15) is 0 Å². The van der Waals surface area contributed by atoms with Crippen LogP contribution in [-0.2, 0) is 21.7 Å². The monoisotopic (exact) mass is 1030 g/mol. The van der Waals surface area contributed by atoms with Gasteiger partial charge in [-0.1, -0.05) is 168 Å². The molecular weight excluding hydrogens is 959 g/mol. The lowest BCUT2D eigenvalue weighted by Gasteiger charge is -2.19. The number of hydrogen-bond acceptors (Lipinski definition) is 2. The topological polar surface area (TPSA) is 38.9 Å². The Kier molecular flexibility index (Phi) is 11.4. The molecule has 0 spiro atoms. The van der Waals surface area contributed by atoms with Crippen LogP contribution in [0.5, 0.6) is 0 Å². The molecule has 5 heteroatoms. The fraction of sp³-hybridized carbons (Fsp3) is 0.216. The third kappa shape index (κ3) is 8.62. The third-order valence-corrected chi connectivity index (χ3v) is 16.6. The van der Waals surface area contributed by atoms with Crippen LogP contribution in [0.4, 0.5) is 22.7 Å². The highest BCUT2D eigenvalue weighted by Crippen LogP contribution is 2.44. The zero-order valence-electron chi connectivity index (χ0n) is 47.9. The molecule has 79 heavy (non-hydrogen) atoms. The number of fused-ring (bicyclic) bond motifs is 11. The highest BCUT2D eigenvalue weighted by atomic mass is 15.0. The molecule has 2 N–H and O–H groups in total. The van der Waals surface area contributed by atoms with Gasteiger partial charge in [0.25, 0.3) is 0 Å². The van der Waals surface area contributed by atoms with Crippen molar-refractivity contribution in [3.8, 4) is 17.1 Å². The summed E-state index contributed by atoms with van der Waals surface area (Å²) in [5, 5.41) is 17.8. The molecular formula is C74H71N5. The highest BCUT2D eigenvalue weighted by molar-refractivity contribution is 6.24. The van der Waals surface area contributed by atoms with E-state index in [1.165, 1.54) is 87.4 Å². The van der Waals surface area contributed by atoms with E-state index in [1.807, 2.05) is 0 Å². The van der Waals surface area contributed by atoms with Gasteiger partial charge < -0.3 is 24.3 Å². The van der Waals surface area contributed by atoms with Crippen molar-refractivity contribution in [3.05, 3.63) is 222 Å². The first-order valence-corrected chi connectivity index (χ1v) is 28.2. The summed E-state index contributed by atoms with van der Waals surface area (Å²) >= 11 is 0. The summed E-state index contributed by atoms with van der Waals surface area (Å²) in [5.41, 5.74) is 20.0. The average Bonchev–Trinajstić information content (AvgIpc) is 4.16. The molecule has 0 aliphatic rings. The second-order valence-corrected chi connectivity index (χ2v) is 26.2. The van der Waals surface area contributed by atoms with Crippen molar-refractivity contribution in [2.45, 2.75) is 105 Å². The van der Waals surface area contributed by atoms with E-state index in [0.717, 1.165) is 50.8 Å². The molecule has 0 aliphatic carbocycles. The van der Waals surface area contributed by atoms with Gasteiger partial charge >= 0.3 is 0 Å². The SMILES string of the molecule is CC(C)(C)c1ccc2c(c1)c1cc(C(C)(C)C)ccc1n2-c1cccc(Nc2ccc3c4c5ccccc5c(Nc5cccc(-n6c7ccc(C(C)(C)C)cc7c7cc(C(C)(C)C)ccc76)c5)cc4n(-c4ccccc4)c3c2)c1. The Bertz CT molecular complexity index is 4430. The first-order chi connectivity index (χ1) is 37.7. The summed E-state index contributed by atoms with van der Waals surface area (Å²) in [4.78, 5) is 0. The zero-order valence-corrected chi connectivity index (χ0v) is 47.9. The largest absolute Gasteiger partial charge is 0.355 e. The van der Waals surface area contributed by atoms with Gasteiger partial charge in [-0.3, -0.25) is 0 Å². The van der Waals surface area contributed by atoms with E-state index in [-0.39, 0.29) is 21.7 Å². The van der Waals surface area contributed by atoms with Crippen LogP contribution >= 0.6 is 0 Å². The van der Waals surface area contributed by atoms with Crippen LogP contribution in [0.3, 0.4) is 0 Å². The molecule has 392 valence electrons. The predicted octanol–water partition coefficient (Wildman–Crippen LogP) is 20.8. The number of aromatic nitrogens is 3. The molecule has 13 rings (SSSR count). The lowest BCUT2D eigenvalue weighted by Crippen LogP contribution is -2.10. The lowest BCUT2D eigenvalue weighted by molar-refractivity contribution is 0.590. The van der Waals surface area contributed by atoms with Gasteiger partial charge in [0.15, 0.2) is 0 Å². The Hall–Kier alpha value is -8.54. The van der Waals surface area contributed by atoms with Crippen LogP contribution in [0.2, 0.25) is 0 Å². The maximum atomic E-state index is 3.98. The molecule has 0 amide bonds. The van der Waals surface area contributed by atoms with Crippen LogP contribution in [0.15, 0.2) is 200 Å². The Morgan fingerprint density at radius 1 is 0.253 bits per heavy atom. The molecule has 3 aromatic heterocycles. The van der Waals surface area contributed by atoms with Gasteiger partial charge in [-0.15, -0.1) is 0 Å². The van der Waals surface area contributed by atoms with E-state index in [4.69, 9.17) is 0 Å². The van der Waals surface area contributed by atoms with Gasteiger partial charge in [0, 0.05) is 77.5 Å². The van der Waals surface area contributed by atoms with Crippen molar-refractivity contribution in [1.29, 1.82) is 0 Å². The maximum absolute atomic E-state index is 3.98. The predicted molar refractivity (Wildman–Crippen MR) is 341 cm³/mol. The number of para-hydroxylation sites is 1. The number of nitrogens with one attached hydrogen (secondary N) is 2. The van der Waals surface area contributed by atoms with Crippen molar-refractivity contribution in [2.24, 2.45) is 0 Å². The summed E-state index contributed by atoms with van der Waals surface area (Å²) in [5.74, 6) is 0. The Balaban J connectivity index is 0.917. The van der Waals surface area contributed by atoms with Gasteiger partial charge in [-0.25, -0.2) is 0 Å². The van der Waals surface area contributed by atoms with E-state index >= 15 is 0 Å². The fourth-order valence-corrected chi connectivity index (χ4v) is 12.2. The van der Waals surface area contributed by atoms with Crippen molar-refractivity contribution >= 4 is 98.9 Å². The van der Waals surface area contributed by atoms with Crippen LogP contribution in [0, 0.1) is 0 Å². The van der Waals surface area contributed by atoms with E-state index in [0.29, 0.717) is 0 Å². The number of rotatable bonds is 7. The summed E-state index contributed by atoms with van der Waals surface area (Å²) in [7, 11) is 0. The first-order valence-electron chi connectivity index (χ1n) is 28.2. The Morgan fingerprint density at radius 2 is 0.646 bits per heavy atom. The second-order valence-electron chi connectivity index (χ2n) is 26.2. The summed E-state index contributed by atoms with van der Waals surface area (Å²) in [6.07, 6.45) is 0. The number of anilines is 4. The lowest BCUT2D eigenvalue weighted by atomic mass is 9.85. The smallest absolute Gasteiger partial charge is 0.0568 e. The molecule has 13 aromatic rings. The molecule has 0 radical (unpaired) electrons. The minimum atomic E-state index is 0.0290. The molecule has 0 saturated heterocycles. The molecule has 0 aliphatic heterocycles. The van der Waals surface area contributed by atoms with Gasteiger partial charge in [-0.2, -0.15) is 0 Å². The van der Waals surface area contributed by atoms with E-state index in [2.05, 4.69) is 308 Å². The average molecular weight is 1030 g/mol. The van der Waals surface area contributed by atoms with Crippen LogP contribution in [-0.4, -0.2) is 13.7 Å². The molecule has 0 fully saturated rings. The quantitative estimate of drug-likeness (QED) is 0.167. The molecule has 10 aromatic carbocycles. The first kappa shape index (κ1) is 50.0. The van der Waals surface area contributed by atoms with Crippen molar-refractivity contribution in [3.63, 3.8) is 0 Å². The van der Waals surface area contributed by atoms with Crippen molar-refractivity contribution in [2.75, 3.05) is 10.6 Å². The van der Waals surface area contributed by atoms with Gasteiger partial charge in [0.05, 0.1) is 33.1 Å². The number of benzene rings is 10. The van der Waals surface area contributed by atoms with Crippen LogP contribution in [0.1, 0.15) is 105 Å². The molecule has 3 heterocycles. The van der Waals surface area contributed by atoms with Gasteiger partial charge in [0.1, 0.15) is 0 Å². The van der Waals surface area contributed by atoms with Crippen LogP contribution < -0.4 is 10.6 Å². The summed E-state index contributed by atoms with van der Waals surface area (Å²) in [6, 6.07) is 74.9. The second kappa shape index (κ2) is 18.0. The molecule has 0 bridgehead atoms. The number of nitrogens with zero attached hydrogens (tertiary/aromatic N) is 3. The standard InChI is InChI=1S/C74H71N5/c1-71(2,3)46-28-34-64-59(38-46)60-39-47(72(4,5)6)29-35-65(60)78(64)54-24-18-20-50(42-54)75-52-32-33-58-68(44-52)77(53-22-14-13-15-23-53)69-45-63(56-26-16-17-27-57(56)70(58)69)76-51-21-19-25-55(43-51)79-66-36-30-48(73(7,8)9)40-61(66)62-41-49(74(10,11)12)31-37-67(62)79/h13-45,75-76H,1-12H3. The minimum Gasteiger partial charge on any atom is -0.355 e. The van der Waals surface area contributed by atoms with Gasteiger partial charge in [-0.05, 0) is 165 Å². The molecule has 0 unspecified atom stereocenters. The fourth-order valence-electron chi connectivity index (χ4n) is 12.2. The van der Waals surface area contributed by atoms with E-state index < -0.39 is 0 Å². The molecule has 5 nitrogen and oxygen atoms in total. The summed E-state index contributed by atoms with van der Waals surface area (Å²) < 4.78 is 7.32. The highest BCUT2D eigenvalue weighted by Gasteiger charge is 2.24. The molecule has 0 atom stereocenters. The van der Waals surface area contributed by atoms with Crippen molar-refractivity contribution < 1.29 is 0 Å². The molecule has 0 saturated carbocycles. The normalized spacial score (nSPS) is 12.8. The van der Waals surface area contributed by atoms with Gasteiger partial charge in [0.2, 0.25) is 0 Å². The third-order valence-electron chi connectivity index (χ3n) is 16.6. The van der Waals surface area contributed by atoms with Crippen LogP contribution in [0.25, 0.3) is 93.3 Å². The Labute approximate surface area is 465 Å².